The zero-order chi connectivity index (χ0) is 22.9. The maximum atomic E-state index is 12.2. The number of pyridine rings is 1. The summed E-state index contributed by atoms with van der Waals surface area (Å²) in [6, 6.07) is 10.1. The topological polar surface area (TPSA) is 98.2 Å². The SMILES string of the molecule is C[C@H]1CCc2c(ccc3c2nc(CCn2ccccc2=O)n3CCN2CC[C@H](C(N)=O)C2)N1. The minimum Gasteiger partial charge on any atom is -0.382 e. The summed E-state index contributed by atoms with van der Waals surface area (Å²) >= 11 is 0. The van der Waals surface area contributed by atoms with E-state index in [0.29, 0.717) is 19.0 Å². The van der Waals surface area contributed by atoms with Gasteiger partial charge in [0.1, 0.15) is 5.82 Å². The number of benzene rings is 1. The molecular formula is C25H32N6O2. The number of primary amides is 1. The molecule has 0 aliphatic carbocycles. The quantitative estimate of drug-likeness (QED) is 0.576. The molecule has 2 aliphatic heterocycles. The third-order valence-corrected chi connectivity index (χ3v) is 7.12. The van der Waals surface area contributed by atoms with Gasteiger partial charge in [-0.3, -0.25) is 9.59 Å². The highest BCUT2D eigenvalue weighted by Crippen LogP contribution is 2.32. The zero-order valence-corrected chi connectivity index (χ0v) is 19.2. The molecule has 1 aromatic carbocycles. The van der Waals surface area contributed by atoms with Crippen LogP contribution in [-0.4, -0.2) is 50.6 Å². The highest BCUT2D eigenvalue weighted by atomic mass is 16.1. The second-order valence-electron chi connectivity index (χ2n) is 9.39. The van der Waals surface area contributed by atoms with Gasteiger partial charge < -0.3 is 25.1 Å². The lowest BCUT2D eigenvalue weighted by Gasteiger charge is -2.24. The smallest absolute Gasteiger partial charge is 0.250 e. The van der Waals surface area contributed by atoms with Gasteiger partial charge in [0, 0.05) is 62.2 Å². The molecular weight excluding hydrogens is 416 g/mol. The van der Waals surface area contributed by atoms with Gasteiger partial charge in [0.05, 0.1) is 17.0 Å². The molecule has 0 unspecified atom stereocenters. The average Bonchev–Trinajstić information content (AvgIpc) is 3.41. The van der Waals surface area contributed by atoms with Crippen molar-refractivity contribution >= 4 is 22.6 Å². The Balaban J connectivity index is 1.44. The Bertz CT molecular complexity index is 1230. The summed E-state index contributed by atoms with van der Waals surface area (Å²) < 4.78 is 4.04. The van der Waals surface area contributed by atoms with Crippen LogP contribution in [0.1, 0.15) is 31.2 Å². The summed E-state index contributed by atoms with van der Waals surface area (Å²) in [4.78, 5) is 31.2. The van der Waals surface area contributed by atoms with Gasteiger partial charge in [-0.2, -0.15) is 0 Å². The van der Waals surface area contributed by atoms with Crippen LogP contribution in [0.2, 0.25) is 0 Å². The summed E-state index contributed by atoms with van der Waals surface area (Å²) in [5, 5.41) is 3.59. The van der Waals surface area contributed by atoms with E-state index in [-0.39, 0.29) is 17.4 Å². The Labute approximate surface area is 193 Å². The van der Waals surface area contributed by atoms with Crippen LogP contribution >= 0.6 is 0 Å². The monoisotopic (exact) mass is 448 g/mol. The Morgan fingerprint density at radius 3 is 2.85 bits per heavy atom. The number of carbonyl (C=O) groups is 1. The number of likely N-dealkylation sites (tertiary alicyclic amines) is 1. The van der Waals surface area contributed by atoms with E-state index < -0.39 is 0 Å². The summed E-state index contributed by atoms with van der Waals surface area (Å²) in [6.07, 6.45) is 5.46. The Morgan fingerprint density at radius 1 is 1.18 bits per heavy atom. The minimum absolute atomic E-state index is 0.00490. The lowest BCUT2D eigenvalue weighted by atomic mass is 9.98. The molecule has 2 atom stereocenters. The van der Waals surface area contributed by atoms with Crippen LogP contribution in [0.5, 0.6) is 0 Å². The Morgan fingerprint density at radius 2 is 2.06 bits per heavy atom. The number of hydrogen-bond donors (Lipinski definition) is 2. The zero-order valence-electron chi connectivity index (χ0n) is 19.2. The van der Waals surface area contributed by atoms with Gasteiger partial charge in [-0.05, 0) is 50.9 Å². The number of hydrogen-bond acceptors (Lipinski definition) is 5. The van der Waals surface area contributed by atoms with Crippen LogP contribution in [0.4, 0.5) is 5.69 Å². The van der Waals surface area contributed by atoms with E-state index in [1.54, 1.807) is 16.7 Å². The number of nitrogens with zero attached hydrogens (tertiary/aromatic N) is 4. The fourth-order valence-corrected chi connectivity index (χ4v) is 5.20. The summed E-state index contributed by atoms with van der Waals surface area (Å²) in [6.45, 7) is 6.07. The molecule has 174 valence electrons. The molecule has 0 radical (unpaired) electrons. The van der Waals surface area contributed by atoms with Gasteiger partial charge in [-0.25, -0.2) is 4.98 Å². The van der Waals surface area contributed by atoms with Crippen LogP contribution in [0, 0.1) is 5.92 Å². The summed E-state index contributed by atoms with van der Waals surface area (Å²) in [7, 11) is 0. The van der Waals surface area contributed by atoms with Gasteiger partial charge in [0.15, 0.2) is 0 Å². The lowest BCUT2D eigenvalue weighted by molar-refractivity contribution is -0.121. The molecule has 0 saturated carbocycles. The standard InChI is InChI=1S/C25H32N6O2/c1-17-5-6-19-20(27-17)7-8-21-24(19)28-22(10-13-30-11-3-2-4-23(30)32)31(21)15-14-29-12-9-18(16-29)25(26)33/h2-4,7-8,11,17-18,27H,5-6,9-10,12-16H2,1H3,(H2,26,33)/t17-,18-/m0/s1. The molecule has 1 amide bonds. The molecule has 1 saturated heterocycles. The number of anilines is 1. The van der Waals surface area contributed by atoms with Crippen molar-refractivity contribution in [3.63, 3.8) is 0 Å². The number of aromatic nitrogens is 3. The van der Waals surface area contributed by atoms with Gasteiger partial charge >= 0.3 is 0 Å². The van der Waals surface area contributed by atoms with E-state index >= 15 is 0 Å². The largest absolute Gasteiger partial charge is 0.382 e. The lowest BCUT2D eigenvalue weighted by Crippen LogP contribution is -2.29. The van der Waals surface area contributed by atoms with Crippen molar-refractivity contribution in [1.29, 1.82) is 0 Å². The first kappa shape index (κ1) is 21.7. The van der Waals surface area contributed by atoms with Crippen LogP contribution in [0.3, 0.4) is 0 Å². The molecule has 8 heteroatoms. The van der Waals surface area contributed by atoms with Crippen molar-refractivity contribution in [1.82, 2.24) is 19.0 Å². The number of aryl methyl sites for hydroxylation is 3. The molecule has 0 bridgehead atoms. The predicted octanol–water partition coefficient (Wildman–Crippen LogP) is 1.99. The van der Waals surface area contributed by atoms with Crippen molar-refractivity contribution in [2.45, 2.75) is 51.7 Å². The molecule has 3 N–H and O–H groups in total. The van der Waals surface area contributed by atoms with Crippen LogP contribution in [0.25, 0.3) is 11.0 Å². The number of rotatable bonds is 7. The highest BCUT2D eigenvalue weighted by molar-refractivity contribution is 5.86. The summed E-state index contributed by atoms with van der Waals surface area (Å²) in [5.41, 5.74) is 10.2. The van der Waals surface area contributed by atoms with Gasteiger partial charge in [-0.1, -0.05) is 6.07 Å². The van der Waals surface area contributed by atoms with Crippen molar-refractivity contribution in [3.8, 4) is 0 Å². The van der Waals surface area contributed by atoms with Gasteiger partial charge in [-0.15, -0.1) is 0 Å². The van der Waals surface area contributed by atoms with Crippen molar-refractivity contribution in [2.24, 2.45) is 11.7 Å². The van der Waals surface area contributed by atoms with Crippen LogP contribution in [-0.2, 0) is 30.7 Å². The third-order valence-electron chi connectivity index (χ3n) is 7.12. The molecule has 33 heavy (non-hydrogen) atoms. The first-order chi connectivity index (χ1) is 16.0. The van der Waals surface area contributed by atoms with E-state index in [1.165, 1.54) is 11.3 Å². The third kappa shape index (κ3) is 4.39. The normalized spacial score (nSPS) is 20.6. The fraction of sp³-hybridized carbons (Fsp3) is 0.480. The fourth-order valence-electron chi connectivity index (χ4n) is 5.20. The number of imidazole rings is 1. The first-order valence-electron chi connectivity index (χ1n) is 11.9. The second kappa shape index (κ2) is 9.02. The van der Waals surface area contributed by atoms with E-state index in [0.717, 1.165) is 62.3 Å². The van der Waals surface area contributed by atoms with Gasteiger partial charge in [0.25, 0.3) is 5.56 Å². The van der Waals surface area contributed by atoms with E-state index in [2.05, 4.69) is 33.8 Å². The molecule has 4 heterocycles. The van der Waals surface area contributed by atoms with Crippen molar-refractivity contribution in [2.75, 3.05) is 25.0 Å². The molecule has 8 nitrogen and oxygen atoms in total. The van der Waals surface area contributed by atoms with E-state index in [4.69, 9.17) is 10.7 Å². The number of carbonyl (C=O) groups excluding carboxylic acids is 1. The van der Waals surface area contributed by atoms with Crippen molar-refractivity contribution in [3.05, 3.63) is 58.3 Å². The number of nitrogens with two attached hydrogens (primary N) is 1. The maximum Gasteiger partial charge on any atom is 0.250 e. The summed E-state index contributed by atoms with van der Waals surface area (Å²) in [5.74, 6) is 0.750. The van der Waals surface area contributed by atoms with Crippen LogP contribution in [0.15, 0.2) is 41.3 Å². The van der Waals surface area contributed by atoms with Crippen LogP contribution < -0.4 is 16.6 Å². The van der Waals surface area contributed by atoms with Crippen molar-refractivity contribution < 1.29 is 4.79 Å². The minimum atomic E-state index is -0.201. The molecule has 2 aromatic heterocycles. The molecule has 2 aliphatic rings. The number of amides is 1. The highest BCUT2D eigenvalue weighted by Gasteiger charge is 2.27. The Kier molecular flexibility index (Phi) is 5.93. The molecule has 3 aromatic rings. The predicted molar refractivity (Wildman–Crippen MR) is 129 cm³/mol. The second-order valence-corrected chi connectivity index (χ2v) is 9.39. The molecule has 0 spiro atoms. The maximum absolute atomic E-state index is 12.2. The first-order valence-corrected chi connectivity index (χ1v) is 11.9. The van der Waals surface area contributed by atoms with E-state index in [1.807, 2.05) is 12.3 Å². The number of fused-ring (bicyclic) bond motifs is 3. The van der Waals surface area contributed by atoms with Gasteiger partial charge in [0.2, 0.25) is 5.91 Å². The Hall–Kier alpha value is -3.13. The average molecular weight is 449 g/mol. The molecule has 1 fully saturated rings. The van der Waals surface area contributed by atoms with E-state index in [9.17, 15) is 9.59 Å². The molecule has 5 rings (SSSR count). The number of nitrogens with one attached hydrogen (secondary N) is 1.